The van der Waals surface area contributed by atoms with Crippen LogP contribution in [-0.2, 0) is 4.74 Å². The predicted octanol–water partition coefficient (Wildman–Crippen LogP) is 2.13. The Labute approximate surface area is 87.3 Å². The van der Waals surface area contributed by atoms with Crippen LogP contribution in [0.2, 0.25) is 0 Å². The molecule has 88 valence electrons. The van der Waals surface area contributed by atoms with Crippen LogP contribution in [0.5, 0.6) is 5.75 Å². The maximum absolute atomic E-state index is 13.0. The molecule has 0 bridgehead atoms. The number of phenolic OH excluding ortho intramolecular Hbond substituents is 1. The molecule has 1 N–H and O–H groups in total. The van der Waals surface area contributed by atoms with Gasteiger partial charge in [0.2, 0.25) is 11.6 Å². The second-order valence-electron chi connectivity index (χ2n) is 2.70. The maximum atomic E-state index is 13.0. The van der Waals surface area contributed by atoms with Crippen molar-refractivity contribution >= 4 is 5.97 Å². The van der Waals surface area contributed by atoms with Gasteiger partial charge in [0.1, 0.15) is 5.56 Å². The van der Waals surface area contributed by atoms with Crippen LogP contribution in [0.25, 0.3) is 0 Å². The first kappa shape index (κ1) is 12.3. The molecule has 0 radical (unpaired) electrons. The van der Waals surface area contributed by atoms with Gasteiger partial charge in [0, 0.05) is 0 Å². The van der Waals surface area contributed by atoms with E-state index in [1.807, 2.05) is 0 Å². The number of halogens is 4. The molecular weight excluding hydrogens is 232 g/mol. The van der Waals surface area contributed by atoms with Gasteiger partial charge in [0.25, 0.3) is 0 Å². The van der Waals surface area contributed by atoms with Gasteiger partial charge in [-0.05, 0) is 6.92 Å². The Morgan fingerprint density at radius 3 is 1.94 bits per heavy atom. The van der Waals surface area contributed by atoms with Crippen LogP contribution in [0.15, 0.2) is 0 Å². The van der Waals surface area contributed by atoms with E-state index in [0.29, 0.717) is 0 Å². The van der Waals surface area contributed by atoms with Gasteiger partial charge in [-0.1, -0.05) is 0 Å². The van der Waals surface area contributed by atoms with Gasteiger partial charge in [-0.3, -0.25) is 0 Å². The number of carbonyl (C=O) groups excluding carboxylic acids is 1. The largest absolute Gasteiger partial charge is 0.503 e. The summed E-state index contributed by atoms with van der Waals surface area (Å²) >= 11 is 0. The molecule has 0 aromatic heterocycles. The summed E-state index contributed by atoms with van der Waals surface area (Å²) < 4.78 is 55.9. The van der Waals surface area contributed by atoms with E-state index in [1.54, 1.807) is 0 Å². The monoisotopic (exact) mass is 238 g/mol. The lowest BCUT2D eigenvalue weighted by atomic mass is 10.1. The Balaban J connectivity index is 3.45. The van der Waals surface area contributed by atoms with Crippen molar-refractivity contribution in [2.75, 3.05) is 6.61 Å². The molecule has 0 aliphatic carbocycles. The average Bonchev–Trinajstić information content (AvgIpc) is 2.24. The molecule has 0 saturated carbocycles. The van der Waals surface area contributed by atoms with Gasteiger partial charge in [-0.25, -0.2) is 13.6 Å². The molecule has 0 aliphatic rings. The number of phenols is 1. The van der Waals surface area contributed by atoms with Crippen molar-refractivity contribution < 1.29 is 32.2 Å². The SMILES string of the molecule is CCOC(=O)c1c(F)c(F)c(O)c(F)c1F. The van der Waals surface area contributed by atoms with E-state index in [9.17, 15) is 22.4 Å². The fourth-order valence-corrected chi connectivity index (χ4v) is 1.00. The first-order chi connectivity index (χ1) is 7.41. The second kappa shape index (κ2) is 4.38. The summed E-state index contributed by atoms with van der Waals surface area (Å²) in [6.07, 6.45) is 0. The first-order valence-electron chi connectivity index (χ1n) is 4.13. The third kappa shape index (κ3) is 1.80. The van der Waals surface area contributed by atoms with Crippen LogP contribution in [0.3, 0.4) is 0 Å². The second-order valence-corrected chi connectivity index (χ2v) is 2.70. The zero-order valence-electron chi connectivity index (χ0n) is 7.98. The minimum absolute atomic E-state index is 0.220. The predicted molar refractivity (Wildman–Crippen MR) is 43.9 cm³/mol. The Morgan fingerprint density at radius 1 is 1.12 bits per heavy atom. The van der Waals surface area contributed by atoms with Crippen molar-refractivity contribution in [3.8, 4) is 5.75 Å². The Bertz CT molecular complexity index is 416. The summed E-state index contributed by atoms with van der Waals surface area (Å²) in [5.41, 5.74) is -1.50. The molecule has 0 atom stereocenters. The summed E-state index contributed by atoms with van der Waals surface area (Å²) in [5, 5.41) is 8.62. The van der Waals surface area contributed by atoms with E-state index in [1.165, 1.54) is 6.92 Å². The molecule has 0 amide bonds. The molecule has 3 nitrogen and oxygen atoms in total. The van der Waals surface area contributed by atoms with Gasteiger partial charge in [0.15, 0.2) is 17.4 Å². The van der Waals surface area contributed by atoms with Crippen molar-refractivity contribution in [3.05, 3.63) is 28.8 Å². The minimum Gasteiger partial charge on any atom is -0.503 e. The van der Waals surface area contributed by atoms with Crippen LogP contribution < -0.4 is 0 Å². The van der Waals surface area contributed by atoms with Crippen molar-refractivity contribution in [2.45, 2.75) is 6.92 Å². The zero-order valence-corrected chi connectivity index (χ0v) is 7.98. The quantitative estimate of drug-likeness (QED) is 0.487. The highest BCUT2D eigenvalue weighted by molar-refractivity contribution is 5.90. The van der Waals surface area contributed by atoms with E-state index in [2.05, 4.69) is 4.74 Å². The molecule has 0 aliphatic heterocycles. The third-order valence-corrected chi connectivity index (χ3v) is 1.72. The van der Waals surface area contributed by atoms with Crippen molar-refractivity contribution in [2.24, 2.45) is 0 Å². The van der Waals surface area contributed by atoms with Crippen LogP contribution >= 0.6 is 0 Å². The number of hydrogen-bond acceptors (Lipinski definition) is 3. The molecule has 0 unspecified atom stereocenters. The normalized spacial score (nSPS) is 10.3. The Hall–Kier alpha value is -1.79. The van der Waals surface area contributed by atoms with E-state index < -0.39 is 40.6 Å². The molecule has 1 aromatic rings. The smallest absolute Gasteiger partial charge is 0.344 e. The molecular formula is C9H6F4O3. The number of esters is 1. The number of carbonyl (C=O) groups is 1. The van der Waals surface area contributed by atoms with Gasteiger partial charge in [-0.15, -0.1) is 0 Å². The number of hydrogen-bond donors (Lipinski definition) is 1. The van der Waals surface area contributed by atoms with Crippen LogP contribution in [-0.4, -0.2) is 17.7 Å². The number of ether oxygens (including phenoxy) is 1. The highest BCUT2D eigenvalue weighted by Gasteiger charge is 2.29. The Morgan fingerprint density at radius 2 is 1.56 bits per heavy atom. The lowest BCUT2D eigenvalue weighted by molar-refractivity contribution is 0.0512. The highest BCUT2D eigenvalue weighted by atomic mass is 19.2. The molecule has 1 aromatic carbocycles. The van der Waals surface area contributed by atoms with Gasteiger partial charge in [0.05, 0.1) is 6.61 Å². The van der Waals surface area contributed by atoms with Crippen molar-refractivity contribution in [1.82, 2.24) is 0 Å². The molecule has 0 heterocycles. The summed E-state index contributed by atoms with van der Waals surface area (Å²) in [7, 11) is 0. The van der Waals surface area contributed by atoms with Gasteiger partial charge >= 0.3 is 5.97 Å². The van der Waals surface area contributed by atoms with Crippen molar-refractivity contribution in [1.29, 1.82) is 0 Å². The highest BCUT2D eigenvalue weighted by Crippen LogP contribution is 2.29. The van der Waals surface area contributed by atoms with Crippen molar-refractivity contribution in [3.63, 3.8) is 0 Å². The van der Waals surface area contributed by atoms with Gasteiger partial charge in [-0.2, -0.15) is 8.78 Å². The summed E-state index contributed by atoms with van der Waals surface area (Å²) in [6, 6.07) is 0. The zero-order chi connectivity index (χ0) is 12.5. The van der Waals surface area contributed by atoms with Crippen LogP contribution in [0.1, 0.15) is 17.3 Å². The van der Waals surface area contributed by atoms with E-state index in [0.717, 1.165) is 0 Å². The minimum atomic E-state index is -2.04. The Kier molecular flexibility index (Phi) is 3.36. The molecule has 7 heteroatoms. The molecule has 0 spiro atoms. The van der Waals surface area contributed by atoms with E-state index >= 15 is 0 Å². The first-order valence-corrected chi connectivity index (χ1v) is 4.13. The molecule has 16 heavy (non-hydrogen) atoms. The van der Waals surface area contributed by atoms with E-state index in [4.69, 9.17) is 5.11 Å². The maximum Gasteiger partial charge on any atom is 0.344 e. The number of benzene rings is 1. The summed E-state index contributed by atoms with van der Waals surface area (Å²) in [5.74, 6) is -11.4. The number of rotatable bonds is 2. The fourth-order valence-electron chi connectivity index (χ4n) is 1.00. The third-order valence-electron chi connectivity index (χ3n) is 1.72. The number of aromatic hydroxyl groups is 1. The fraction of sp³-hybridized carbons (Fsp3) is 0.222. The topological polar surface area (TPSA) is 46.5 Å². The average molecular weight is 238 g/mol. The lowest BCUT2D eigenvalue weighted by Gasteiger charge is -2.07. The summed E-state index contributed by atoms with van der Waals surface area (Å²) in [6.45, 7) is 1.13. The molecule has 1 rings (SSSR count). The molecule has 0 saturated heterocycles. The molecule has 0 fully saturated rings. The van der Waals surface area contributed by atoms with Gasteiger partial charge < -0.3 is 9.84 Å². The summed E-state index contributed by atoms with van der Waals surface area (Å²) in [4.78, 5) is 11.0. The standard InChI is InChI=1S/C9H6F4O3/c1-2-16-9(15)3-4(10)6(12)8(14)7(13)5(3)11/h14H,2H2,1H3. The van der Waals surface area contributed by atoms with E-state index in [-0.39, 0.29) is 6.61 Å². The lowest BCUT2D eigenvalue weighted by Crippen LogP contribution is -2.13. The van der Waals surface area contributed by atoms with Crippen LogP contribution in [0.4, 0.5) is 17.6 Å². The van der Waals surface area contributed by atoms with Crippen LogP contribution in [0, 0.1) is 23.3 Å².